The molecule has 1 aromatic rings. The lowest BCUT2D eigenvalue weighted by Crippen LogP contribution is -2.19. The highest BCUT2D eigenvalue weighted by Gasteiger charge is 2.13. The van der Waals surface area contributed by atoms with Gasteiger partial charge >= 0.3 is 0 Å². The Morgan fingerprint density at radius 3 is 2.41 bits per heavy atom. The Bertz CT molecular complexity index is 403. The molecule has 0 aliphatic rings. The first-order valence-electron chi connectivity index (χ1n) is 5.21. The van der Waals surface area contributed by atoms with Crippen LogP contribution in [0.3, 0.4) is 0 Å². The van der Waals surface area contributed by atoms with Crippen LogP contribution < -0.4 is 11.1 Å². The van der Waals surface area contributed by atoms with Gasteiger partial charge < -0.3 is 11.1 Å². The van der Waals surface area contributed by atoms with Crippen molar-refractivity contribution in [1.29, 1.82) is 0 Å². The van der Waals surface area contributed by atoms with Crippen LogP contribution >= 0.6 is 0 Å². The molecule has 1 aromatic carbocycles. The molecule has 17 heavy (non-hydrogen) atoms. The monoisotopic (exact) mass is 262 g/mol. The van der Waals surface area contributed by atoms with Crippen molar-refractivity contribution in [1.82, 2.24) is 0 Å². The first-order valence-corrected chi connectivity index (χ1v) is 6.94. The third kappa shape index (κ3) is 4.30. The van der Waals surface area contributed by atoms with Crippen LogP contribution in [0.15, 0.2) is 12.1 Å². The summed E-state index contributed by atoms with van der Waals surface area (Å²) in [6.45, 7) is 1.78. The molecule has 1 rings (SSSR count). The van der Waals surface area contributed by atoms with Crippen molar-refractivity contribution in [3.8, 4) is 0 Å². The van der Waals surface area contributed by atoms with E-state index in [-0.39, 0.29) is 17.4 Å². The van der Waals surface area contributed by atoms with Crippen LogP contribution in [0.25, 0.3) is 0 Å². The molecule has 96 valence electrons. The molecule has 0 aromatic heterocycles. The summed E-state index contributed by atoms with van der Waals surface area (Å²) in [5.74, 6) is -0.939. The van der Waals surface area contributed by atoms with Crippen molar-refractivity contribution in [3.63, 3.8) is 0 Å². The van der Waals surface area contributed by atoms with Crippen molar-refractivity contribution in [2.45, 2.75) is 19.4 Å². The number of nitrogen functional groups attached to an aromatic ring is 1. The number of halogens is 2. The highest BCUT2D eigenvalue weighted by molar-refractivity contribution is 7.84. The largest absolute Gasteiger partial charge is 0.399 e. The summed E-state index contributed by atoms with van der Waals surface area (Å²) < 4.78 is 37.8. The van der Waals surface area contributed by atoms with Crippen LogP contribution in [0.5, 0.6) is 0 Å². The first kappa shape index (κ1) is 13.9. The molecule has 0 saturated carbocycles. The molecule has 3 nitrogen and oxygen atoms in total. The van der Waals surface area contributed by atoms with Crippen molar-refractivity contribution in [2.24, 2.45) is 0 Å². The van der Waals surface area contributed by atoms with E-state index in [9.17, 15) is 13.0 Å². The zero-order valence-electron chi connectivity index (χ0n) is 9.80. The smallest absolute Gasteiger partial charge is 0.151 e. The number of rotatable bonds is 5. The maximum Gasteiger partial charge on any atom is 0.151 e. The summed E-state index contributed by atoms with van der Waals surface area (Å²) in [5.41, 5.74) is 5.17. The lowest BCUT2D eigenvalue weighted by atomic mass is 10.2. The topological polar surface area (TPSA) is 55.1 Å². The predicted octanol–water partition coefficient (Wildman–Crippen LogP) is 2.12. The minimum Gasteiger partial charge on any atom is -0.399 e. The van der Waals surface area contributed by atoms with E-state index in [1.165, 1.54) is 0 Å². The van der Waals surface area contributed by atoms with Crippen molar-refractivity contribution < 1.29 is 13.0 Å². The van der Waals surface area contributed by atoms with E-state index in [0.717, 1.165) is 12.1 Å². The Kier molecular flexibility index (Phi) is 4.86. The Hall–Kier alpha value is -1.17. The zero-order valence-corrected chi connectivity index (χ0v) is 10.6. The average molecular weight is 262 g/mol. The minimum atomic E-state index is -0.906. The second-order valence-electron chi connectivity index (χ2n) is 3.97. The van der Waals surface area contributed by atoms with Crippen molar-refractivity contribution in [3.05, 3.63) is 23.8 Å². The van der Waals surface area contributed by atoms with E-state index in [1.807, 2.05) is 0 Å². The molecule has 6 heteroatoms. The molecule has 0 aliphatic carbocycles. The van der Waals surface area contributed by atoms with E-state index < -0.39 is 22.4 Å². The third-order valence-electron chi connectivity index (χ3n) is 2.29. The quantitative estimate of drug-likeness (QED) is 0.799. The molecule has 0 heterocycles. The molecule has 0 amide bonds. The molecule has 0 aliphatic heterocycles. The van der Waals surface area contributed by atoms with Gasteiger partial charge in [0.2, 0.25) is 0 Å². The Morgan fingerprint density at radius 1 is 1.41 bits per heavy atom. The molecule has 0 spiro atoms. The van der Waals surface area contributed by atoms with Crippen LogP contribution in [-0.2, 0) is 10.8 Å². The van der Waals surface area contributed by atoms with Gasteiger partial charge in [-0.1, -0.05) is 0 Å². The third-order valence-corrected chi connectivity index (χ3v) is 3.10. The van der Waals surface area contributed by atoms with Crippen molar-refractivity contribution >= 4 is 22.2 Å². The maximum atomic E-state index is 13.4. The van der Waals surface area contributed by atoms with Gasteiger partial charge in [-0.15, -0.1) is 0 Å². The fraction of sp³-hybridized carbons (Fsp3) is 0.455. The van der Waals surface area contributed by atoms with E-state index in [0.29, 0.717) is 12.2 Å². The molecule has 0 bridgehead atoms. The summed E-state index contributed by atoms with van der Waals surface area (Å²) in [7, 11) is -0.906. The second kappa shape index (κ2) is 5.95. The Morgan fingerprint density at radius 2 is 1.94 bits per heavy atom. The summed E-state index contributed by atoms with van der Waals surface area (Å²) in [5, 5.41) is 2.72. The number of nitrogens with two attached hydrogens (primary N) is 1. The summed E-state index contributed by atoms with van der Waals surface area (Å²) in [6, 6.07) is 1.97. The van der Waals surface area contributed by atoms with Crippen LogP contribution in [0, 0.1) is 11.6 Å². The predicted molar refractivity (Wildman–Crippen MR) is 67.4 cm³/mol. The van der Waals surface area contributed by atoms with Gasteiger partial charge in [-0.25, -0.2) is 8.78 Å². The van der Waals surface area contributed by atoms with Gasteiger partial charge in [0.25, 0.3) is 0 Å². The van der Waals surface area contributed by atoms with Gasteiger partial charge in [0, 0.05) is 34.5 Å². The highest BCUT2D eigenvalue weighted by atomic mass is 32.2. The molecule has 0 saturated heterocycles. The van der Waals surface area contributed by atoms with Crippen LogP contribution in [0.2, 0.25) is 0 Å². The number of benzene rings is 1. The Labute approximate surface area is 102 Å². The van der Waals surface area contributed by atoms with Gasteiger partial charge in [-0.2, -0.15) is 0 Å². The normalized spacial score (nSPS) is 14.4. The fourth-order valence-corrected chi connectivity index (χ4v) is 2.08. The van der Waals surface area contributed by atoms with Gasteiger partial charge in [0.1, 0.15) is 5.69 Å². The molecular weight excluding hydrogens is 246 g/mol. The van der Waals surface area contributed by atoms with E-state index in [4.69, 9.17) is 5.73 Å². The average Bonchev–Trinajstić information content (AvgIpc) is 2.20. The van der Waals surface area contributed by atoms with Gasteiger partial charge in [-0.05, 0) is 25.5 Å². The SMILES string of the molecule is CC(CCS(C)=O)Nc1c(F)cc(N)cc1F. The number of nitrogens with one attached hydrogen (secondary N) is 1. The highest BCUT2D eigenvalue weighted by Crippen LogP contribution is 2.22. The molecule has 3 N–H and O–H groups in total. The van der Waals surface area contributed by atoms with Crippen LogP contribution in [0.4, 0.5) is 20.2 Å². The second-order valence-corrected chi connectivity index (χ2v) is 5.53. The summed E-state index contributed by atoms with van der Waals surface area (Å²) in [6.07, 6.45) is 2.17. The van der Waals surface area contributed by atoms with E-state index >= 15 is 0 Å². The molecule has 2 atom stereocenters. The molecule has 0 fully saturated rings. The van der Waals surface area contributed by atoms with Crippen LogP contribution in [-0.4, -0.2) is 22.3 Å². The number of hydrogen-bond donors (Lipinski definition) is 2. The fourth-order valence-electron chi connectivity index (χ4n) is 1.39. The maximum absolute atomic E-state index is 13.4. The van der Waals surface area contributed by atoms with Crippen molar-refractivity contribution in [2.75, 3.05) is 23.1 Å². The van der Waals surface area contributed by atoms with Gasteiger partial charge in [0.15, 0.2) is 11.6 Å². The van der Waals surface area contributed by atoms with E-state index in [1.54, 1.807) is 13.2 Å². The molecule has 2 unspecified atom stereocenters. The molecular formula is C11H16F2N2OS. The summed E-state index contributed by atoms with van der Waals surface area (Å²) >= 11 is 0. The minimum absolute atomic E-state index is 0.0489. The molecule has 0 radical (unpaired) electrons. The van der Waals surface area contributed by atoms with E-state index in [2.05, 4.69) is 5.32 Å². The number of anilines is 2. The van der Waals surface area contributed by atoms with Gasteiger partial charge in [-0.3, -0.25) is 4.21 Å². The number of hydrogen-bond acceptors (Lipinski definition) is 3. The lowest BCUT2D eigenvalue weighted by molar-refractivity contribution is 0.583. The lowest BCUT2D eigenvalue weighted by Gasteiger charge is -2.16. The summed E-state index contributed by atoms with van der Waals surface area (Å²) in [4.78, 5) is 0. The standard InChI is InChI=1S/C11H16F2N2OS/c1-7(3-4-17(2)16)15-11-9(12)5-8(14)6-10(11)13/h5-7,15H,3-4,14H2,1-2H3. The van der Waals surface area contributed by atoms with Gasteiger partial charge in [0.05, 0.1) is 0 Å². The Balaban J connectivity index is 2.71. The first-order chi connectivity index (χ1) is 7.90. The van der Waals surface area contributed by atoms with Crippen LogP contribution in [0.1, 0.15) is 13.3 Å². The zero-order chi connectivity index (χ0) is 13.0.